The number of halogens is 4. The first kappa shape index (κ1) is 18.2. The van der Waals surface area contributed by atoms with Gasteiger partial charge in [0.2, 0.25) is 5.91 Å². The van der Waals surface area contributed by atoms with Crippen LogP contribution in [-0.2, 0) is 11.0 Å². The zero-order chi connectivity index (χ0) is 17.9. The lowest BCUT2D eigenvalue weighted by atomic mass is 9.97. The molecule has 2 amide bonds. The molecule has 0 aliphatic carbocycles. The Morgan fingerprint density at radius 1 is 1.21 bits per heavy atom. The van der Waals surface area contributed by atoms with Gasteiger partial charge in [-0.2, -0.15) is 13.2 Å². The Labute approximate surface area is 136 Å². The van der Waals surface area contributed by atoms with Crippen molar-refractivity contribution in [2.75, 3.05) is 13.1 Å². The highest BCUT2D eigenvalue weighted by Gasteiger charge is 2.37. The van der Waals surface area contributed by atoms with Gasteiger partial charge in [-0.3, -0.25) is 9.59 Å². The van der Waals surface area contributed by atoms with Crippen LogP contribution in [0.25, 0.3) is 0 Å². The molecule has 1 aliphatic rings. The summed E-state index contributed by atoms with van der Waals surface area (Å²) in [5.74, 6) is -2.23. The maximum absolute atomic E-state index is 13.2. The zero-order valence-electron chi connectivity index (χ0n) is 12.9. The van der Waals surface area contributed by atoms with Crippen molar-refractivity contribution in [1.29, 1.82) is 0 Å². The van der Waals surface area contributed by atoms with Crippen molar-refractivity contribution in [1.82, 2.24) is 4.90 Å². The maximum Gasteiger partial charge on any atom is 0.417 e. The van der Waals surface area contributed by atoms with Gasteiger partial charge >= 0.3 is 6.18 Å². The van der Waals surface area contributed by atoms with E-state index < -0.39 is 34.9 Å². The summed E-state index contributed by atoms with van der Waals surface area (Å²) in [6, 6.07) is 2.05. The van der Waals surface area contributed by atoms with E-state index in [2.05, 4.69) is 0 Å². The lowest BCUT2D eigenvalue weighted by molar-refractivity contribution is -0.138. The van der Waals surface area contributed by atoms with Crippen LogP contribution in [0.15, 0.2) is 18.2 Å². The monoisotopic (exact) mass is 346 g/mol. The van der Waals surface area contributed by atoms with E-state index in [1.54, 1.807) is 0 Å². The summed E-state index contributed by atoms with van der Waals surface area (Å²) in [4.78, 5) is 24.8. The average molecular weight is 346 g/mol. The van der Waals surface area contributed by atoms with Gasteiger partial charge in [0.05, 0.1) is 11.1 Å². The number of carbonyl (C=O) groups excluding carboxylic acids is 2. The molecule has 8 heteroatoms. The van der Waals surface area contributed by atoms with Gasteiger partial charge in [-0.1, -0.05) is 0 Å². The quantitative estimate of drug-likeness (QED) is 0.856. The Kier molecular flexibility index (Phi) is 5.46. The van der Waals surface area contributed by atoms with Crippen molar-refractivity contribution in [2.45, 2.75) is 31.9 Å². The van der Waals surface area contributed by atoms with Crippen LogP contribution in [-0.4, -0.2) is 29.8 Å². The minimum Gasteiger partial charge on any atom is -0.370 e. The highest BCUT2D eigenvalue weighted by Crippen LogP contribution is 2.33. The van der Waals surface area contributed by atoms with Crippen LogP contribution < -0.4 is 5.73 Å². The number of amides is 2. The number of hydrogen-bond donors (Lipinski definition) is 1. The van der Waals surface area contributed by atoms with Gasteiger partial charge in [-0.25, -0.2) is 4.39 Å². The first-order chi connectivity index (χ1) is 11.2. The van der Waals surface area contributed by atoms with Gasteiger partial charge < -0.3 is 10.6 Å². The summed E-state index contributed by atoms with van der Waals surface area (Å²) in [6.45, 7) is 0.536. The molecule has 1 heterocycles. The molecule has 1 aliphatic heterocycles. The highest BCUT2D eigenvalue weighted by atomic mass is 19.4. The van der Waals surface area contributed by atoms with Gasteiger partial charge in [0.1, 0.15) is 5.82 Å². The molecule has 0 aromatic heterocycles. The van der Waals surface area contributed by atoms with E-state index in [1.165, 1.54) is 4.90 Å². The normalized spacial score (nSPS) is 19.0. The average Bonchev–Trinajstić information content (AvgIpc) is 2.70. The van der Waals surface area contributed by atoms with Gasteiger partial charge in [0, 0.05) is 19.5 Å². The second kappa shape index (κ2) is 7.19. The molecule has 0 saturated carbocycles. The fraction of sp³-hybridized carbons (Fsp3) is 0.500. The number of nitrogens with two attached hydrogens (primary N) is 1. The lowest BCUT2D eigenvalue weighted by Crippen LogP contribution is -2.33. The van der Waals surface area contributed by atoms with E-state index in [-0.39, 0.29) is 18.9 Å². The molecule has 1 fully saturated rings. The minimum atomic E-state index is -4.81. The van der Waals surface area contributed by atoms with Crippen molar-refractivity contribution in [3.05, 3.63) is 35.1 Å². The third-order valence-corrected chi connectivity index (χ3v) is 4.14. The molecule has 1 aromatic carbocycles. The summed E-state index contributed by atoms with van der Waals surface area (Å²) in [5.41, 5.74) is 3.33. The minimum absolute atomic E-state index is 0.0237. The van der Waals surface area contributed by atoms with Crippen molar-refractivity contribution < 1.29 is 27.2 Å². The number of benzene rings is 1. The Morgan fingerprint density at radius 2 is 1.92 bits per heavy atom. The molecule has 1 aromatic rings. The molecule has 132 valence electrons. The number of nitrogens with zero attached hydrogens (tertiary/aromatic N) is 1. The Hall–Kier alpha value is -2.12. The van der Waals surface area contributed by atoms with E-state index in [0.717, 1.165) is 12.1 Å². The number of rotatable bonds is 3. The third kappa shape index (κ3) is 4.46. The first-order valence-corrected chi connectivity index (χ1v) is 7.63. The predicted molar refractivity (Wildman–Crippen MR) is 78.5 cm³/mol. The molecule has 2 N–H and O–H groups in total. The first-order valence-electron chi connectivity index (χ1n) is 7.63. The Bertz CT molecular complexity index is 631. The summed E-state index contributed by atoms with van der Waals surface area (Å²) < 4.78 is 52.3. The van der Waals surface area contributed by atoms with E-state index in [4.69, 9.17) is 5.73 Å². The van der Waals surface area contributed by atoms with Crippen LogP contribution in [0.2, 0.25) is 0 Å². The fourth-order valence-corrected chi connectivity index (χ4v) is 2.96. The predicted octanol–water partition coefficient (Wildman–Crippen LogP) is 2.96. The molecule has 0 radical (unpaired) electrons. The van der Waals surface area contributed by atoms with Crippen LogP contribution >= 0.6 is 0 Å². The summed E-state index contributed by atoms with van der Waals surface area (Å²) in [5, 5.41) is 0. The summed E-state index contributed by atoms with van der Waals surface area (Å²) in [6.07, 6.45) is -2.86. The summed E-state index contributed by atoms with van der Waals surface area (Å²) >= 11 is 0. The summed E-state index contributed by atoms with van der Waals surface area (Å²) in [7, 11) is 0. The highest BCUT2D eigenvalue weighted by molar-refractivity contribution is 5.96. The van der Waals surface area contributed by atoms with Crippen molar-refractivity contribution in [3.8, 4) is 0 Å². The molecular formula is C16H18F4N2O2. The van der Waals surface area contributed by atoms with Crippen LogP contribution in [0.4, 0.5) is 17.6 Å². The van der Waals surface area contributed by atoms with Crippen LogP contribution in [0.5, 0.6) is 0 Å². The van der Waals surface area contributed by atoms with E-state index in [9.17, 15) is 27.2 Å². The topological polar surface area (TPSA) is 63.4 Å². The van der Waals surface area contributed by atoms with Crippen molar-refractivity contribution >= 4 is 11.8 Å². The molecular weight excluding hydrogens is 328 g/mol. The zero-order valence-corrected chi connectivity index (χ0v) is 12.9. The van der Waals surface area contributed by atoms with Gasteiger partial charge in [0.25, 0.3) is 5.91 Å². The molecule has 0 spiro atoms. The second-order valence-corrected chi connectivity index (χ2v) is 5.95. The van der Waals surface area contributed by atoms with Crippen molar-refractivity contribution in [3.63, 3.8) is 0 Å². The largest absolute Gasteiger partial charge is 0.417 e. The molecule has 1 saturated heterocycles. The molecule has 2 rings (SSSR count). The maximum atomic E-state index is 13.2. The number of alkyl halides is 3. The number of primary amides is 1. The number of hydrogen-bond acceptors (Lipinski definition) is 2. The van der Waals surface area contributed by atoms with Gasteiger partial charge in [-0.05, 0) is 43.4 Å². The van der Waals surface area contributed by atoms with Gasteiger partial charge in [0.15, 0.2) is 0 Å². The van der Waals surface area contributed by atoms with Crippen LogP contribution in [0.1, 0.15) is 41.6 Å². The number of carbonyl (C=O) groups is 2. The standard InChI is InChI=1S/C16H18F4N2O2/c17-11-3-4-12(13(9-11)16(18,19)20)15(24)22-6-1-2-10(5-7-22)8-14(21)23/h3-4,9-10H,1-2,5-8H2,(H2,21,23). The lowest BCUT2D eigenvalue weighted by Gasteiger charge is -2.22. The molecule has 1 unspecified atom stereocenters. The SMILES string of the molecule is NC(=O)CC1CCCN(C(=O)c2ccc(F)cc2C(F)(F)F)CC1. The van der Waals surface area contributed by atoms with Gasteiger partial charge in [-0.15, -0.1) is 0 Å². The molecule has 0 bridgehead atoms. The Morgan fingerprint density at radius 3 is 2.54 bits per heavy atom. The molecule has 24 heavy (non-hydrogen) atoms. The fourth-order valence-electron chi connectivity index (χ4n) is 2.96. The third-order valence-electron chi connectivity index (χ3n) is 4.14. The number of likely N-dealkylation sites (tertiary alicyclic amines) is 1. The van der Waals surface area contributed by atoms with Crippen molar-refractivity contribution in [2.24, 2.45) is 11.7 Å². The molecule has 4 nitrogen and oxygen atoms in total. The van der Waals surface area contributed by atoms with E-state index in [0.29, 0.717) is 31.9 Å². The Balaban J connectivity index is 2.19. The van der Waals surface area contributed by atoms with E-state index in [1.807, 2.05) is 0 Å². The second-order valence-electron chi connectivity index (χ2n) is 5.95. The van der Waals surface area contributed by atoms with Crippen LogP contribution in [0, 0.1) is 11.7 Å². The van der Waals surface area contributed by atoms with E-state index >= 15 is 0 Å². The van der Waals surface area contributed by atoms with Crippen LogP contribution in [0.3, 0.4) is 0 Å². The smallest absolute Gasteiger partial charge is 0.370 e. The molecule has 1 atom stereocenters.